The van der Waals surface area contributed by atoms with Crippen molar-refractivity contribution in [2.24, 2.45) is 0 Å². The zero-order valence-electron chi connectivity index (χ0n) is 13.0. The Hall–Kier alpha value is -2.30. The van der Waals surface area contributed by atoms with Crippen LogP contribution >= 0.6 is 11.3 Å². The predicted octanol–water partition coefficient (Wildman–Crippen LogP) is 5.03. The highest BCUT2D eigenvalue weighted by Gasteiger charge is 2.06. The fourth-order valence-electron chi connectivity index (χ4n) is 3.03. The molecule has 0 N–H and O–H groups in total. The molecule has 0 saturated heterocycles. The molecule has 2 aromatic carbocycles. The largest absolute Gasteiger partial charge is 0.135 e. The van der Waals surface area contributed by atoms with E-state index in [1.165, 1.54) is 27.8 Å². The molecule has 4 bridgehead atoms. The number of hydrogen-bond donors (Lipinski definition) is 0. The fourth-order valence-corrected chi connectivity index (χ4v) is 3.60. The van der Waals surface area contributed by atoms with Gasteiger partial charge in [0.1, 0.15) is 0 Å². The molecule has 0 aliphatic heterocycles. The number of rotatable bonds is 0. The van der Waals surface area contributed by atoms with E-state index in [4.69, 9.17) is 0 Å². The standard InChI is InChI=1S/C22H18S/c1-2-22(23-15-1)14-13-21-16-19-8-7-17-3-5-18(6-4-17)9-11-20(21)12-10-19/h1-6,10,12,15-16H,7-9,11H2. The van der Waals surface area contributed by atoms with Crippen LogP contribution in [-0.4, -0.2) is 0 Å². The Bertz CT molecular complexity index is 859. The third-order valence-corrected chi connectivity index (χ3v) is 5.21. The third kappa shape index (κ3) is 3.38. The minimum atomic E-state index is 1.05. The van der Waals surface area contributed by atoms with Crippen LogP contribution in [0.25, 0.3) is 0 Å². The molecule has 1 aromatic heterocycles. The monoisotopic (exact) mass is 314 g/mol. The van der Waals surface area contributed by atoms with Crippen molar-refractivity contribution in [2.75, 3.05) is 0 Å². The molecule has 0 saturated carbocycles. The molecule has 4 aliphatic carbocycles. The second-order valence-electron chi connectivity index (χ2n) is 6.04. The molecule has 0 amide bonds. The van der Waals surface area contributed by atoms with Crippen LogP contribution in [0.5, 0.6) is 0 Å². The van der Waals surface area contributed by atoms with Crippen molar-refractivity contribution in [3.05, 3.63) is 92.7 Å². The Balaban J connectivity index is 1.71. The molecular weight excluding hydrogens is 296 g/mol. The summed E-state index contributed by atoms with van der Waals surface area (Å²) in [5.41, 5.74) is 6.78. The SMILES string of the molecule is C(#Cc1cc2ccc1CCc1ccc(cc1)CC2)c1cccs1. The molecule has 0 fully saturated rings. The van der Waals surface area contributed by atoms with Gasteiger partial charge in [-0.15, -0.1) is 11.3 Å². The summed E-state index contributed by atoms with van der Waals surface area (Å²) in [6.07, 6.45) is 4.30. The van der Waals surface area contributed by atoms with Gasteiger partial charge in [0.15, 0.2) is 0 Å². The molecule has 1 heterocycles. The van der Waals surface area contributed by atoms with E-state index in [0.29, 0.717) is 0 Å². The van der Waals surface area contributed by atoms with Gasteiger partial charge in [0.25, 0.3) is 0 Å². The van der Waals surface area contributed by atoms with E-state index >= 15 is 0 Å². The van der Waals surface area contributed by atoms with Gasteiger partial charge in [0.05, 0.1) is 4.88 Å². The van der Waals surface area contributed by atoms with E-state index in [1.807, 2.05) is 0 Å². The van der Waals surface area contributed by atoms with Crippen molar-refractivity contribution in [2.45, 2.75) is 25.7 Å². The van der Waals surface area contributed by atoms with E-state index in [2.05, 4.69) is 71.8 Å². The number of hydrogen-bond acceptors (Lipinski definition) is 1. The first kappa shape index (κ1) is 14.3. The Morgan fingerprint density at radius 2 is 1.39 bits per heavy atom. The lowest BCUT2D eigenvalue weighted by molar-refractivity contribution is 0.918. The highest BCUT2D eigenvalue weighted by molar-refractivity contribution is 7.10. The van der Waals surface area contributed by atoms with Gasteiger partial charge in [0.2, 0.25) is 0 Å². The van der Waals surface area contributed by atoms with Gasteiger partial charge in [-0.3, -0.25) is 0 Å². The molecule has 0 nitrogen and oxygen atoms in total. The second-order valence-corrected chi connectivity index (χ2v) is 6.98. The first-order chi connectivity index (χ1) is 11.4. The Kier molecular flexibility index (Phi) is 4.01. The molecule has 0 unspecified atom stereocenters. The van der Waals surface area contributed by atoms with Gasteiger partial charge in [0, 0.05) is 5.56 Å². The van der Waals surface area contributed by atoms with E-state index in [1.54, 1.807) is 11.3 Å². The van der Waals surface area contributed by atoms with Crippen LogP contribution in [-0.2, 0) is 25.7 Å². The minimum absolute atomic E-state index is 1.05. The maximum absolute atomic E-state index is 3.41. The first-order valence-corrected chi connectivity index (χ1v) is 9.00. The first-order valence-electron chi connectivity index (χ1n) is 8.12. The average Bonchev–Trinajstić information content (AvgIpc) is 3.09. The summed E-state index contributed by atoms with van der Waals surface area (Å²) in [4.78, 5) is 1.14. The molecule has 0 spiro atoms. The Morgan fingerprint density at radius 1 is 0.696 bits per heavy atom. The normalized spacial score (nSPS) is 13.0. The lowest BCUT2D eigenvalue weighted by Gasteiger charge is -2.11. The minimum Gasteiger partial charge on any atom is -0.135 e. The molecule has 0 radical (unpaired) electrons. The number of benzene rings is 2. The van der Waals surface area contributed by atoms with Crippen molar-refractivity contribution in [1.82, 2.24) is 0 Å². The molecule has 4 aliphatic rings. The topological polar surface area (TPSA) is 0 Å². The van der Waals surface area contributed by atoms with Gasteiger partial charge in [-0.2, -0.15) is 0 Å². The second kappa shape index (κ2) is 6.44. The maximum Gasteiger partial charge on any atom is 0.0772 e. The van der Waals surface area contributed by atoms with Crippen LogP contribution in [0.1, 0.15) is 32.7 Å². The highest BCUT2D eigenvalue weighted by atomic mass is 32.1. The van der Waals surface area contributed by atoms with Gasteiger partial charge >= 0.3 is 0 Å². The zero-order chi connectivity index (χ0) is 15.5. The van der Waals surface area contributed by atoms with Crippen molar-refractivity contribution in [3.63, 3.8) is 0 Å². The van der Waals surface area contributed by atoms with Crippen molar-refractivity contribution in [3.8, 4) is 11.8 Å². The Morgan fingerprint density at radius 3 is 2.13 bits per heavy atom. The molecule has 0 atom stereocenters. The highest BCUT2D eigenvalue weighted by Crippen LogP contribution is 2.19. The van der Waals surface area contributed by atoms with Gasteiger partial charge < -0.3 is 0 Å². The van der Waals surface area contributed by atoms with E-state index in [0.717, 1.165) is 30.6 Å². The summed E-state index contributed by atoms with van der Waals surface area (Å²) >= 11 is 1.70. The van der Waals surface area contributed by atoms with Crippen molar-refractivity contribution >= 4 is 11.3 Å². The van der Waals surface area contributed by atoms with Crippen molar-refractivity contribution < 1.29 is 0 Å². The molecule has 3 aromatic rings. The third-order valence-electron chi connectivity index (χ3n) is 4.42. The summed E-state index contributed by atoms with van der Waals surface area (Å²) in [6.45, 7) is 0. The smallest absolute Gasteiger partial charge is 0.0772 e. The summed E-state index contributed by atoms with van der Waals surface area (Å²) in [6, 6.07) is 20.1. The molecule has 112 valence electrons. The lowest BCUT2D eigenvalue weighted by atomic mass is 9.93. The van der Waals surface area contributed by atoms with Crippen LogP contribution in [0, 0.1) is 11.8 Å². The maximum atomic E-state index is 3.41. The molecule has 7 rings (SSSR count). The molecular formula is C22H18S. The number of aryl methyl sites for hydroxylation is 4. The summed E-state index contributed by atoms with van der Waals surface area (Å²) in [5, 5.41) is 2.08. The van der Waals surface area contributed by atoms with Crippen LogP contribution in [0.3, 0.4) is 0 Å². The van der Waals surface area contributed by atoms with Crippen LogP contribution < -0.4 is 0 Å². The Labute approximate surface area is 141 Å². The average molecular weight is 314 g/mol. The van der Waals surface area contributed by atoms with Crippen LogP contribution in [0.4, 0.5) is 0 Å². The predicted molar refractivity (Wildman–Crippen MR) is 98.0 cm³/mol. The molecule has 1 heteroatoms. The summed E-state index contributed by atoms with van der Waals surface area (Å²) in [7, 11) is 0. The van der Waals surface area contributed by atoms with Gasteiger partial charge in [-0.1, -0.05) is 54.3 Å². The number of thiophene rings is 1. The summed E-state index contributed by atoms with van der Waals surface area (Å²) in [5.74, 6) is 6.73. The molecule has 23 heavy (non-hydrogen) atoms. The van der Waals surface area contributed by atoms with Crippen LogP contribution in [0.15, 0.2) is 60.0 Å². The quantitative estimate of drug-likeness (QED) is 0.510. The summed E-state index contributed by atoms with van der Waals surface area (Å²) < 4.78 is 0. The van der Waals surface area contributed by atoms with Gasteiger partial charge in [-0.25, -0.2) is 0 Å². The van der Waals surface area contributed by atoms with Gasteiger partial charge in [-0.05, 0) is 65.4 Å². The fraction of sp³-hybridized carbons (Fsp3) is 0.182. The van der Waals surface area contributed by atoms with Crippen molar-refractivity contribution in [1.29, 1.82) is 0 Å². The zero-order valence-corrected chi connectivity index (χ0v) is 13.8. The van der Waals surface area contributed by atoms with E-state index < -0.39 is 0 Å². The van der Waals surface area contributed by atoms with E-state index in [-0.39, 0.29) is 0 Å². The van der Waals surface area contributed by atoms with Crippen LogP contribution in [0.2, 0.25) is 0 Å². The lowest BCUT2D eigenvalue weighted by Crippen LogP contribution is -2.00. The van der Waals surface area contributed by atoms with E-state index in [9.17, 15) is 0 Å².